The molecule has 2 aromatic rings. The number of amides is 2. The number of nitrogens with zero attached hydrogens (tertiary/aromatic N) is 1. The molecule has 0 bridgehead atoms. The van der Waals surface area contributed by atoms with Crippen molar-refractivity contribution in [3.63, 3.8) is 0 Å². The van der Waals surface area contributed by atoms with Gasteiger partial charge in [0.25, 0.3) is 0 Å². The zero-order chi connectivity index (χ0) is 26.9. The lowest BCUT2D eigenvalue weighted by Gasteiger charge is -2.31. The number of hydrogen-bond acceptors (Lipinski definition) is 7. The molecule has 0 spiro atoms. The maximum atomic E-state index is 13.0. The van der Waals surface area contributed by atoms with E-state index in [1.165, 1.54) is 4.90 Å². The van der Waals surface area contributed by atoms with Crippen molar-refractivity contribution >= 4 is 12.2 Å². The first-order valence-electron chi connectivity index (χ1n) is 13.3. The summed E-state index contributed by atoms with van der Waals surface area (Å²) in [7, 11) is 0. The smallest absolute Gasteiger partial charge is 0.410 e. The minimum atomic E-state index is -1.06. The van der Waals surface area contributed by atoms with Crippen LogP contribution in [0.3, 0.4) is 0 Å². The summed E-state index contributed by atoms with van der Waals surface area (Å²) in [5.74, 6) is 0.167. The molecule has 2 saturated heterocycles. The molecule has 5 atom stereocenters. The molecule has 9 heteroatoms. The number of nitrogens with one attached hydrogen (secondary N) is 1. The van der Waals surface area contributed by atoms with E-state index in [1.54, 1.807) is 0 Å². The van der Waals surface area contributed by atoms with Gasteiger partial charge in [-0.3, -0.25) is 0 Å². The predicted octanol–water partition coefficient (Wildman–Crippen LogP) is 3.74. The highest BCUT2D eigenvalue weighted by Crippen LogP contribution is 2.33. The summed E-state index contributed by atoms with van der Waals surface area (Å²) in [4.78, 5) is 27.4. The Balaban J connectivity index is 1.40. The van der Waals surface area contributed by atoms with Crippen LogP contribution in [0.2, 0.25) is 0 Å². The highest BCUT2D eigenvalue weighted by atomic mass is 16.7. The van der Waals surface area contributed by atoms with Crippen LogP contribution in [0.1, 0.15) is 31.4 Å². The molecule has 0 aromatic heterocycles. The first-order valence-corrected chi connectivity index (χ1v) is 13.3. The first kappa shape index (κ1) is 27.9. The van der Waals surface area contributed by atoms with Gasteiger partial charge in [0, 0.05) is 6.54 Å². The normalized spacial score (nSPS) is 21.9. The SMILES string of the molecule is CC(C)CN(C[C@@H](O)C(Cc1ccccc1)NC(=O)O[C@H]1CO[C@H]2OCC[C@H]21)C(=O)OCc1ccccc1. The monoisotopic (exact) mass is 526 g/mol. The van der Waals surface area contributed by atoms with E-state index < -0.39 is 30.4 Å². The Morgan fingerprint density at radius 1 is 1.03 bits per heavy atom. The lowest BCUT2D eigenvalue weighted by molar-refractivity contribution is -0.0907. The van der Waals surface area contributed by atoms with E-state index in [2.05, 4.69) is 5.32 Å². The average molecular weight is 527 g/mol. The van der Waals surface area contributed by atoms with Crippen molar-refractivity contribution in [1.82, 2.24) is 10.2 Å². The van der Waals surface area contributed by atoms with E-state index in [4.69, 9.17) is 18.9 Å². The number of rotatable bonds is 11. The van der Waals surface area contributed by atoms with Crippen molar-refractivity contribution in [2.75, 3.05) is 26.3 Å². The van der Waals surface area contributed by atoms with Crippen molar-refractivity contribution in [3.8, 4) is 0 Å². The van der Waals surface area contributed by atoms with Gasteiger partial charge in [-0.1, -0.05) is 74.5 Å². The van der Waals surface area contributed by atoms with Crippen LogP contribution in [0, 0.1) is 11.8 Å². The number of benzene rings is 2. The second-order valence-electron chi connectivity index (χ2n) is 10.3. The number of aliphatic hydroxyl groups is 1. The summed E-state index contributed by atoms with van der Waals surface area (Å²) in [6, 6.07) is 18.3. The van der Waals surface area contributed by atoms with Gasteiger partial charge in [-0.15, -0.1) is 0 Å². The Morgan fingerprint density at radius 2 is 1.71 bits per heavy atom. The number of carbonyl (C=O) groups excluding carboxylic acids is 2. The van der Waals surface area contributed by atoms with Crippen LogP contribution in [-0.4, -0.2) is 73.0 Å². The van der Waals surface area contributed by atoms with Crippen LogP contribution >= 0.6 is 0 Å². The lowest BCUT2D eigenvalue weighted by atomic mass is 10.0. The lowest BCUT2D eigenvalue weighted by Crippen LogP contribution is -2.52. The van der Waals surface area contributed by atoms with Gasteiger partial charge < -0.3 is 34.3 Å². The molecule has 2 amide bonds. The quantitative estimate of drug-likeness (QED) is 0.459. The minimum Gasteiger partial charge on any atom is -0.445 e. The summed E-state index contributed by atoms with van der Waals surface area (Å²) in [6.07, 6.45) is -1.80. The van der Waals surface area contributed by atoms with Gasteiger partial charge in [0.1, 0.15) is 12.7 Å². The largest absolute Gasteiger partial charge is 0.445 e. The van der Waals surface area contributed by atoms with Gasteiger partial charge in [-0.25, -0.2) is 9.59 Å². The maximum Gasteiger partial charge on any atom is 0.410 e. The van der Waals surface area contributed by atoms with Gasteiger partial charge in [0.2, 0.25) is 0 Å². The first-order chi connectivity index (χ1) is 18.4. The summed E-state index contributed by atoms with van der Waals surface area (Å²) < 4.78 is 22.3. The average Bonchev–Trinajstić information content (AvgIpc) is 3.52. The van der Waals surface area contributed by atoms with E-state index >= 15 is 0 Å². The molecule has 0 saturated carbocycles. The van der Waals surface area contributed by atoms with Gasteiger partial charge in [0.15, 0.2) is 6.29 Å². The number of hydrogen-bond donors (Lipinski definition) is 2. The highest BCUT2D eigenvalue weighted by Gasteiger charge is 2.44. The molecule has 206 valence electrons. The minimum absolute atomic E-state index is 0.00530. The van der Waals surface area contributed by atoms with Crippen molar-refractivity contribution in [2.45, 2.75) is 57.8 Å². The van der Waals surface area contributed by atoms with Crippen molar-refractivity contribution in [2.24, 2.45) is 11.8 Å². The predicted molar refractivity (Wildman–Crippen MR) is 140 cm³/mol. The van der Waals surface area contributed by atoms with Crippen molar-refractivity contribution in [1.29, 1.82) is 0 Å². The second-order valence-corrected chi connectivity index (χ2v) is 10.3. The van der Waals surface area contributed by atoms with E-state index in [-0.39, 0.29) is 37.9 Å². The van der Waals surface area contributed by atoms with Gasteiger partial charge in [-0.05, 0) is 29.9 Å². The summed E-state index contributed by atoms with van der Waals surface area (Å²) in [5.41, 5.74) is 1.82. The van der Waals surface area contributed by atoms with Crippen LogP contribution in [0.15, 0.2) is 60.7 Å². The van der Waals surface area contributed by atoms with E-state index in [0.29, 0.717) is 19.6 Å². The van der Waals surface area contributed by atoms with Gasteiger partial charge in [-0.2, -0.15) is 0 Å². The molecule has 4 rings (SSSR count). The zero-order valence-electron chi connectivity index (χ0n) is 22.0. The second kappa shape index (κ2) is 13.6. The molecule has 2 N–H and O–H groups in total. The zero-order valence-corrected chi connectivity index (χ0v) is 22.0. The molecular weight excluding hydrogens is 488 g/mol. The van der Waals surface area contributed by atoms with Crippen LogP contribution in [0.25, 0.3) is 0 Å². The number of alkyl carbamates (subject to hydrolysis) is 1. The van der Waals surface area contributed by atoms with E-state index in [9.17, 15) is 14.7 Å². The number of ether oxygens (including phenoxy) is 4. The molecule has 2 fully saturated rings. The summed E-state index contributed by atoms with van der Waals surface area (Å²) in [5, 5.41) is 14.1. The topological polar surface area (TPSA) is 107 Å². The van der Waals surface area contributed by atoms with Crippen LogP contribution in [0.4, 0.5) is 9.59 Å². The Labute approximate surface area is 224 Å². The molecule has 2 aliphatic heterocycles. The standard InChI is InChI=1S/C29H38N2O7/c1-20(2)16-31(29(34)37-18-22-11-7-4-8-12-22)17-25(32)24(15-21-9-5-3-6-10-21)30-28(33)38-26-19-36-27-23(26)13-14-35-27/h3-12,20,23-27,32H,13-19H2,1-2H3,(H,30,33)/t23-,24?,25+,26-,27+/m0/s1. The van der Waals surface area contributed by atoms with Crippen molar-refractivity contribution in [3.05, 3.63) is 71.8 Å². The molecule has 0 radical (unpaired) electrons. The Kier molecular flexibility index (Phi) is 9.98. The number of aliphatic hydroxyl groups excluding tert-OH is 1. The molecule has 2 heterocycles. The highest BCUT2D eigenvalue weighted by molar-refractivity contribution is 5.69. The van der Waals surface area contributed by atoms with Gasteiger partial charge in [0.05, 0.1) is 37.8 Å². The Morgan fingerprint density at radius 3 is 2.39 bits per heavy atom. The fourth-order valence-corrected chi connectivity index (χ4v) is 4.85. The number of fused-ring (bicyclic) bond motifs is 1. The molecule has 38 heavy (non-hydrogen) atoms. The van der Waals surface area contributed by atoms with Gasteiger partial charge >= 0.3 is 12.2 Å². The number of carbonyl (C=O) groups is 2. The fraction of sp³-hybridized carbons (Fsp3) is 0.517. The Hall–Kier alpha value is -3.14. The molecular formula is C29H38N2O7. The summed E-state index contributed by atoms with van der Waals surface area (Å²) in [6.45, 7) is 5.37. The molecule has 9 nitrogen and oxygen atoms in total. The third-order valence-electron chi connectivity index (χ3n) is 6.77. The third-order valence-corrected chi connectivity index (χ3v) is 6.77. The Bertz CT molecular complexity index is 1020. The van der Waals surface area contributed by atoms with E-state index in [0.717, 1.165) is 17.5 Å². The van der Waals surface area contributed by atoms with Crippen LogP contribution in [0.5, 0.6) is 0 Å². The molecule has 2 aromatic carbocycles. The van der Waals surface area contributed by atoms with Crippen LogP contribution in [-0.2, 0) is 32.0 Å². The molecule has 2 aliphatic rings. The molecule has 1 unspecified atom stereocenters. The summed E-state index contributed by atoms with van der Waals surface area (Å²) >= 11 is 0. The van der Waals surface area contributed by atoms with Crippen molar-refractivity contribution < 1.29 is 33.6 Å². The molecule has 0 aliphatic carbocycles. The third kappa shape index (κ3) is 7.93. The fourth-order valence-electron chi connectivity index (χ4n) is 4.85. The van der Waals surface area contributed by atoms with Crippen LogP contribution < -0.4 is 5.32 Å². The van der Waals surface area contributed by atoms with E-state index in [1.807, 2.05) is 74.5 Å². The maximum absolute atomic E-state index is 13.0.